The number of aromatic nitrogens is 1. The Morgan fingerprint density at radius 2 is 2.20 bits per heavy atom. The molecule has 0 spiro atoms. The van der Waals surface area contributed by atoms with Gasteiger partial charge in [-0.05, 0) is 36.3 Å². The summed E-state index contributed by atoms with van der Waals surface area (Å²) >= 11 is 0. The molecule has 0 radical (unpaired) electrons. The molecular weight excluding hydrogens is 190 g/mol. The van der Waals surface area contributed by atoms with Gasteiger partial charge in [0.1, 0.15) is 5.69 Å². The highest BCUT2D eigenvalue weighted by molar-refractivity contribution is 5.85. The van der Waals surface area contributed by atoms with E-state index >= 15 is 0 Å². The summed E-state index contributed by atoms with van der Waals surface area (Å²) in [5.74, 6) is -0.942. The standard InChI is InChI=1S/C12H15NO2/c1-12(2)6-5-9-8(7-12)3-4-10(13-9)11(14)15/h3-4H,5-7H2,1-2H3,(H,14,15). The fourth-order valence-corrected chi connectivity index (χ4v) is 2.09. The smallest absolute Gasteiger partial charge is 0.354 e. The molecule has 1 aromatic rings. The monoisotopic (exact) mass is 205 g/mol. The quantitative estimate of drug-likeness (QED) is 0.765. The molecule has 0 saturated carbocycles. The van der Waals surface area contributed by atoms with Crippen LogP contribution in [0.15, 0.2) is 12.1 Å². The van der Waals surface area contributed by atoms with E-state index in [1.165, 1.54) is 5.56 Å². The molecule has 1 aliphatic rings. The predicted octanol–water partition coefficient (Wildman–Crippen LogP) is 2.29. The highest BCUT2D eigenvalue weighted by atomic mass is 16.4. The fraction of sp³-hybridized carbons (Fsp3) is 0.500. The topological polar surface area (TPSA) is 50.2 Å². The molecule has 3 heteroatoms. The van der Waals surface area contributed by atoms with Gasteiger partial charge in [0.15, 0.2) is 0 Å². The van der Waals surface area contributed by atoms with Crippen molar-refractivity contribution in [2.75, 3.05) is 0 Å². The van der Waals surface area contributed by atoms with Crippen molar-refractivity contribution >= 4 is 5.97 Å². The summed E-state index contributed by atoms with van der Waals surface area (Å²) in [6.45, 7) is 4.47. The highest BCUT2D eigenvalue weighted by Crippen LogP contribution is 2.33. The lowest BCUT2D eigenvalue weighted by Crippen LogP contribution is -2.23. The SMILES string of the molecule is CC1(C)CCc2nc(C(=O)O)ccc2C1. The van der Waals surface area contributed by atoms with Crippen LogP contribution in [-0.4, -0.2) is 16.1 Å². The number of carboxylic acid groups (broad SMARTS) is 1. The molecule has 0 amide bonds. The summed E-state index contributed by atoms with van der Waals surface area (Å²) in [5, 5.41) is 8.83. The van der Waals surface area contributed by atoms with Gasteiger partial charge >= 0.3 is 5.97 Å². The zero-order valence-electron chi connectivity index (χ0n) is 9.08. The summed E-state index contributed by atoms with van der Waals surface area (Å²) in [5.41, 5.74) is 2.65. The van der Waals surface area contributed by atoms with Crippen LogP contribution in [0.1, 0.15) is 42.0 Å². The maximum absolute atomic E-state index is 10.8. The van der Waals surface area contributed by atoms with Crippen molar-refractivity contribution < 1.29 is 9.90 Å². The van der Waals surface area contributed by atoms with Crippen LogP contribution >= 0.6 is 0 Å². The van der Waals surface area contributed by atoms with E-state index in [0.717, 1.165) is 25.0 Å². The van der Waals surface area contributed by atoms with Crippen molar-refractivity contribution in [3.05, 3.63) is 29.1 Å². The number of pyridine rings is 1. The van der Waals surface area contributed by atoms with Crippen LogP contribution in [0.5, 0.6) is 0 Å². The molecule has 0 aromatic carbocycles. The van der Waals surface area contributed by atoms with E-state index < -0.39 is 5.97 Å². The van der Waals surface area contributed by atoms with Gasteiger partial charge in [0.2, 0.25) is 0 Å². The lowest BCUT2D eigenvalue weighted by atomic mass is 9.76. The van der Waals surface area contributed by atoms with Gasteiger partial charge in [0.05, 0.1) is 0 Å². The first-order valence-electron chi connectivity index (χ1n) is 5.20. The molecule has 0 aliphatic heterocycles. The third-order valence-corrected chi connectivity index (χ3v) is 3.00. The van der Waals surface area contributed by atoms with E-state index in [4.69, 9.17) is 5.11 Å². The lowest BCUT2D eigenvalue weighted by Gasteiger charge is -2.30. The van der Waals surface area contributed by atoms with Crippen LogP contribution < -0.4 is 0 Å². The predicted molar refractivity (Wildman–Crippen MR) is 57.0 cm³/mol. The van der Waals surface area contributed by atoms with Gasteiger partial charge in [-0.1, -0.05) is 19.9 Å². The number of hydrogen-bond acceptors (Lipinski definition) is 2. The summed E-state index contributed by atoms with van der Waals surface area (Å²) < 4.78 is 0. The maximum Gasteiger partial charge on any atom is 0.354 e. The molecule has 1 aromatic heterocycles. The Bertz CT molecular complexity index is 410. The Balaban J connectivity index is 2.36. The maximum atomic E-state index is 10.8. The first-order chi connectivity index (χ1) is 6.98. The van der Waals surface area contributed by atoms with Crippen molar-refractivity contribution in [3.8, 4) is 0 Å². The van der Waals surface area contributed by atoms with Crippen LogP contribution in [0, 0.1) is 5.41 Å². The largest absolute Gasteiger partial charge is 0.477 e. The third kappa shape index (κ3) is 2.01. The number of carbonyl (C=O) groups is 1. The highest BCUT2D eigenvalue weighted by Gasteiger charge is 2.26. The van der Waals surface area contributed by atoms with Crippen molar-refractivity contribution in [1.29, 1.82) is 0 Å². The van der Waals surface area contributed by atoms with Gasteiger partial charge < -0.3 is 5.11 Å². The van der Waals surface area contributed by atoms with Crippen LogP contribution in [0.2, 0.25) is 0 Å². The average Bonchev–Trinajstić information content (AvgIpc) is 2.15. The number of carboxylic acids is 1. The Labute approximate surface area is 89.2 Å². The van der Waals surface area contributed by atoms with E-state index in [-0.39, 0.29) is 5.69 Å². The number of nitrogens with zero attached hydrogens (tertiary/aromatic N) is 1. The second-order valence-corrected chi connectivity index (χ2v) is 4.95. The second-order valence-electron chi connectivity index (χ2n) is 4.95. The van der Waals surface area contributed by atoms with Crippen LogP contribution in [-0.2, 0) is 12.8 Å². The summed E-state index contributed by atoms with van der Waals surface area (Å²) in [6, 6.07) is 3.51. The van der Waals surface area contributed by atoms with E-state index in [1.807, 2.05) is 6.07 Å². The van der Waals surface area contributed by atoms with E-state index in [2.05, 4.69) is 18.8 Å². The molecule has 1 aliphatic carbocycles. The van der Waals surface area contributed by atoms with Gasteiger partial charge in [-0.25, -0.2) is 9.78 Å². The lowest BCUT2D eigenvalue weighted by molar-refractivity contribution is 0.0690. The Hall–Kier alpha value is -1.38. The Morgan fingerprint density at radius 1 is 1.47 bits per heavy atom. The average molecular weight is 205 g/mol. The molecule has 0 unspecified atom stereocenters. The van der Waals surface area contributed by atoms with Gasteiger partial charge in [-0.15, -0.1) is 0 Å². The molecule has 0 fully saturated rings. The van der Waals surface area contributed by atoms with Crippen molar-refractivity contribution in [3.63, 3.8) is 0 Å². The van der Waals surface area contributed by atoms with Gasteiger partial charge in [-0.2, -0.15) is 0 Å². The van der Waals surface area contributed by atoms with E-state index in [0.29, 0.717) is 5.41 Å². The molecule has 15 heavy (non-hydrogen) atoms. The minimum atomic E-state index is -0.942. The first kappa shape index (κ1) is 10.1. The molecule has 0 bridgehead atoms. The number of fused-ring (bicyclic) bond motifs is 1. The minimum absolute atomic E-state index is 0.161. The van der Waals surface area contributed by atoms with Crippen LogP contribution in [0.4, 0.5) is 0 Å². The summed E-state index contributed by atoms with van der Waals surface area (Å²) in [4.78, 5) is 14.9. The number of hydrogen-bond donors (Lipinski definition) is 1. The van der Waals surface area contributed by atoms with Gasteiger partial charge in [0, 0.05) is 5.69 Å². The normalized spacial score (nSPS) is 18.3. The molecule has 0 saturated heterocycles. The third-order valence-electron chi connectivity index (χ3n) is 3.00. The van der Waals surface area contributed by atoms with E-state index in [1.54, 1.807) is 6.07 Å². The molecule has 1 N–H and O–H groups in total. The van der Waals surface area contributed by atoms with Crippen LogP contribution in [0.25, 0.3) is 0 Å². The number of rotatable bonds is 1. The zero-order chi connectivity index (χ0) is 11.1. The van der Waals surface area contributed by atoms with Gasteiger partial charge in [-0.3, -0.25) is 0 Å². The molecule has 2 rings (SSSR count). The molecule has 3 nitrogen and oxygen atoms in total. The second kappa shape index (κ2) is 3.33. The molecule has 80 valence electrons. The van der Waals surface area contributed by atoms with E-state index in [9.17, 15) is 4.79 Å². The molecule has 1 heterocycles. The molecule has 0 atom stereocenters. The zero-order valence-corrected chi connectivity index (χ0v) is 9.08. The Morgan fingerprint density at radius 3 is 2.87 bits per heavy atom. The number of aromatic carboxylic acids is 1. The Kier molecular flexibility index (Phi) is 2.25. The first-order valence-corrected chi connectivity index (χ1v) is 5.20. The molecular formula is C12H15NO2. The van der Waals surface area contributed by atoms with Crippen molar-refractivity contribution in [1.82, 2.24) is 4.98 Å². The van der Waals surface area contributed by atoms with Crippen molar-refractivity contribution in [2.45, 2.75) is 33.1 Å². The van der Waals surface area contributed by atoms with Gasteiger partial charge in [0.25, 0.3) is 0 Å². The van der Waals surface area contributed by atoms with Crippen LogP contribution in [0.3, 0.4) is 0 Å². The summed E-state index contributed by atoms with van der Waals surface area (Å²) in [6.07, 6.45) is 2.97. The minimum Gasteiger partial charge on any atom is -0.477 e. The summed E-state index contributed by atoms with van der Waals surface area (Å²) in [7, 11) is 0. The number of aryl methyl sites for hydroxylation is 1. The fourth-order valence-electron chi connectivity index (χ4n) is 2.09. The van der Waals surface area contributed by atoms with Crippen molar-refractivity contribution in [2.24, 2.45) is 5.41 Å².